The highest BCUT2D eigenvalue weighted by atomic mass is 16.7. The van der Waals surface area contributed by atoms with Gasteiger partial charge in [-0.05, 0) is 19.1 Å². The van der Waals surface area contributed by atoms with Crippen molar-refractivity contribution in [3.05, 3.63) is 18.2 Å². The summed E-state index contributed by atoms with van der Waals surface area (Å²) in [5.41, 5.74) is 0. The van der Waals surface area contributed by atoms with Gasteiger partial charge in [0, 0.05) is 12.6 Å². The Kier molecular flexibility index (Phi) is 5.59. The summed E-state index contributed by atoms with van der Waals surface area (Å²) < 4.78 is 16.2. The Morgan fingerprint density at radius 3 is 3.05 bits per heavy atom. The van der Waals surface area contributed by atoms with Crippen molar-refractivity contribution >= 4 is 5.96 Å². The molecule has 0 saturated carbocycles. The zero-order valence-corrected chi connectivity index (χ0v) is 12.0. The van der Waals surface area contributed by atoms with Crippen LogP contribution in [0, 0.1) is 12.3 Å². The number of ether oxygens (including phenoxy) is 3. The Morgan fingerprint density at radius 1 is 1.38 bits per heavy atom. The summed E-state index contributed by atoms with van der Waals surface area (Å²) >= 11 is 0. The molecule has 1 heterocycles. The first kappa shape index (κ1) is 14.9. The first-order valence-corrected chi connectivity index (χ1v) is 6.81. The van der Waals surface area contributed by atoms with E-state index in [4.69, 9.17) is 20.6 Å². The van der Waals surface area contributed by atoms with E-state index in [-0.39, 0.29) is 6.79 Å². The normalized spacial score (nSPS) is 12.7. The number of hydrogen-bond donors (Lipinski definition) is 2. The maximum atomic E-state index is 5.63. The Hall–Kier alpha value is -2.55. The van der Waals surface area contributed by atoms with Crippen LogP contribution in [0.3, 0.4) is 0 Å². The van der Waals surface area contributed by atoms with Crippen molar-refractivity contribution in [2.45, 2.75) is 6.92 Å². The Bertz CT molecular complexity index is 537. The van der Waals surface area contributed by atoms with Crippen molar-refractivity contribution in [1.29, 1.82) is 0 Å². The zero-order chi connectivity index (χ0) is 14.9. The van der Waals surface area contributed by atoms with Gasteiger partial charge < -0.3 is 24.8 Å². The monoisotopic (exact) mass is 289 g/mol. The Morgan fingerprint density at radius 2 is 2.24 bits per heavy atom. The molecular weight excluding hydrogens is 270 g/mol. The number of nitrogens with zero attached hydrogens (tertiary/aromatic N) is 1. The highest BCUT2D eigenvalue weighted by molar-refractivity contribution is 5.79. The SMILES string of the molecule is C#CCNC(=NCCOc1ccc2c(c1)OCO2)NCC. The summed E-state index contributed by atoms with van der Waals surface area (Å²) in [6.45, 7) is 4.46. The molecule has 0 radical (unpaired) electrons. The molecule has 1 aromatic rings. The quantitative estimate of drug-likeness (QED) is 0.354. The molecule has 0 aromatic heterocycles. The molecule has 0 spiro atoms. The minimum Gasteiger partial charge on any atom is -0.492 e. The summed E-state index contributed by atoms with van der Waals surface area (Å²) in [4.78, 5) is 4.36. The van der Waals surface area contributed by atoms with Crippen LogP contribution in [0.25, 0.3) is 0 Å². The van der Waals surface area contributed by atoms with Crippen molar-refractivity contribution in [3.8, 4) is 29.6 Å². The summed E-state index contributed by atoms with van der Waals surface area (Å²) in [6.07, 6.45) is 5.21. The summed E-state index contributed by atoms with van der Waals surface area (Å²) in [7, 11) is 0. The van der Waals surface area contributed by atoms with E-state index in [2.05, 4.69) is 21.5 Å². The number of benzene rings is 1. The van der Waals surface area contributed by atoms with Crippen molar-refractivity contribution in [2.75, 3.05) is 33.0 Å². The molecule has 1 aliphatic heterocycles. The third-order valence-corrected chi connectivity index (χ3v) is 2.68. The molecule has 21 heavy (non-hydrogen) atoms. The van der Waals surface area contributed by atoms with Crippen LogP contribution in [0.5, 0.6) is 17.2 Å². The molecular formula is C15H19N3O3. The predicted octanol–water partition coefficient (Wildman–Crippen LogP) is 0.982. The fraction of sp³-hybridized carbons (Fsp3) is 0.400. The van der Waals surface area contributed by atoms with Crippen LogP contribution in [-0.2, 0) is 0 Å². The van der Waals surface area contributed by atoms with Gasteiger partial charge in [0.1, 0.15) is 12.4 Å². The molecule has 1 aromatic carbocycles. The molecule has 0 aliphatic carbocycles. The summed E-state index contributed by atoms with van der Waals surface area (Å²) in [6, 6.07) is 5.49. The number of fused-ring (bicyclic) bond motifs is 1. The van der Waals surface area contributed by atoms with Crippen LogP contribution in [0.1, 0.15) is 6.92 Å². The van der Waals surface area contributed by atoms with E-state index in [1.165, 1.54) is 0 Å². The van der Waals surface area contributed by atoms with Gasteiger partial charge in [-0.3, -0.25) is 0 Å². The van der Waals surface area contributed by atoms with E-state index in [1.807, 2.05) is 25.1 Å². The second kappa shape index (κ2) is 7.90. The maximum absolute atomic E-state index is 5.63. The first-order valence-electron chi connectivity index (χ1n) is 6.81. The molecule has 112 valence electrons. The molecule has 0 fully saturated rings. The Balaban J connectivity index is 1.79. The molecule has 0 amide bonds. The van der Waals surface area contributed by atoms with Crippen LogP contribution in [0.4, 0.5) is 0 Å². The molecule has 6 heteroatoms. The third-order valence-electron chi connectivity index (χ3n) is 2.68. The first-order chi connectivity index (χ1) is 10.3. The van der Waals surface area contributed by atoms with Gasteiger partial charge in [-0.15, -0.1) is 6.42 Å². The Labute approximate surface area is 124 Å². The van der Waals surface area contributed by atoms with Gasteiger partial charge in [-0.2, -0.15) is 0 Å². The van der Waals surface area contributed by atoms with Gasteiger partial charge >= 0.3 is 0 Å². The van der Waals surface area contributed by atoms with Gasteiger partial charge in [0.25, 0.3) is 0 Å². The van der Waals surface area contributed by atoms with E-state index in [9.17, 15) is 0 Å². The van der Waals surface area contributed by atoms with Crippen molar-refractivity contribution in [1.82, 2.24) is 10.6 Å². The fourth-order valence-electron chi connectivity index (χ4n) is 1.76. The van der Waals surface area contributed by atoms with Crippen LogP contribution < -0.4 is 24.8 Å². The van der Waals surface area contributed by atoms with E-state index < -0.39 is 0 Å². The summed E-state index contributed by atoms with van der Waals surface area (Å²) in [5, 5.41) is 6.11. The number of rotatable bonds is 6. The van der Waals surface area contributed by atoms with Gasteiger partial charge in [-0.25, -0.2) is 4.99 Å². The van der Waals surface area contributed by atoms with E-state index in [1.54, 1.807) is 0 Å². The predicted molar refractivity (Wildman–Crippen MR) is 80.9 cm³/mol. The standard InChI is InChI=1S/C15H19N3O3/c1-3-7-17-15(16-4-2)18-8-9-19-12-5-6-13-14(10-12)21-11-20-13/h1,5-6,10H,4,7-9,11H2,2H3,(H2,16,17,18). The highest BCUT2D eigenvalue weighted by Crippen LogP contribution is 2.34. The van der Waals surface area contributed by atoms with Gasteiger partial charge in [0.15, 0.2) is 17.5 Å². The van der Waals surface area contributed by atoms with Gasteiger partial charge in [0.2, 0.25) is 6.79 Å². The molecule has 2 N–H and O–H groups in total. The second-order valence-corrected chi connectivity index (χ2v) is 4.18. The lowest BCUT2D eigenvalue weighted by atomic mass is 10.3. The maximum Gasteiger partial charge on any atom is 0.231 e. The van der Waals surface area contributed by atoms with Gasteiger partial charge in [-0.1, -0.05) is 5.92 Å². The van der Waals surface area contributed by atoms with E-state index in [0.29, 0.717) is 31.4 Å². The van der Waals surface area contributed by atoms with Crippen LogP contribution in [0.15, 0.2) is 23.2 Å². The number of guanidine groups is 1. The molecule has 0 atom stereocenters. The number of aliphatic imine (C=N–C) groups is 1. The van der Waals surface area contributed by atoms with Crippen LogP contribution >= 0.6 is 0 Å². The topological polar surface area (TPSA) is 64.1 Å². The molecule has 0 unspecified atom stereocenters. The van der Waals surface area contributed by atoms with Crippen LogP contribution in [-0.4, -0.2) is 39.0 Å². The van der Waals surface area contributed by atoms with Crippen LogP contribution in [0.2, 0.25) is 0 Å². The zero-order valence-electron chi connectivity index (χ0n) is 12.0. The molecule has 0 bridgehead atoms. The minimum absolute atomic E-state index is 0.260. The highest BCUT2D eigenvalue weighted by Gasteiger charge is 2.13. The largest absolute Gasteiger partial charge is 0.492 e. The molecule has 6 nitrogen and oxygen atoms in total. The molecule has 1 aliphatic rings. The lowest BCUT2D eigenvalue weighted by molar-refractivity contribution is 0.174. The third kappa shape index (κ3) is 4.49. The van der Waals surface area contributed by atoms with Crippen molar-refractivity contribution in [3.63, 3.8) is 0 Å². The van der Waals surface area contributed by atoms with E-state index in [0.717, 1.165) is 18.0 Å². The second-order valence-electron chi connectivity index (χ2n) is 4.18. The number of terminal acetylenes is 1. The molecule has 0 saturated heterocycles. The number of hydrogen-bond acceptors (Lipinski definition) is 4. The minimum atomic E-state index is 0.260. The van der Waals surface area contributed by atoms with Crippen molar-refractivity contribution in [2.24, 2.45) is 4.99 Å². The fourth-order valence-corrected chi connectivity index (χ4v) is 1.76. The van der Waals surface area contributed by atoms with Gasteiger partial charge in [0.05, 0.1) is 13.1 Å². The lowest BCUT2D eigenvalue weighted by Crippen LogP contribution is -2.37. The average molecular weight is 289 g/mol. The lowest BCUT2D eigenvalue weighted by Gasteiger charge is -2.09. The molecule has 2 rings (SSSR count). The summed E-state index contributed by atoms with van der Waals surface area (Å²) in [5.74, 6) is 5.38. The van der Waals surface area contributed by atoms with Crippen molar-refractivity contribution < 1.29 is 14.2 Å². The number of nitrogens with one attached hydrogen (secondary N) is 2. The van der Waals surface area contributed by atoms with E-state index >= 15 is 0 Å². The average Bonchev–Trinajstić information content (AvgIpc) is 2.96. The smallest absolute Gasteiger partial charge is 0.231 e.